The quantitative estimate of drug-likeness (QED) is 0.738. The van der Waals surface area contributed by atoms with Gasteiger partial charge in [-0.3, -0.25) is 14.5 Å². The predicted molar refractivity (Wildman–Crippen MR) is 102 cm³/mol. The molecule has 8 heteroatoms. The van der Waals surface area contributed by atoms with Crippen LogP contribution in [-0.2, 0) is 9.47 Å². The van der Waals surface area contributed by atoms with Crippen molar-refractivity contribution in [2.45, 2.75) is 18.4 Å². The summed E-state index contributed by atoms with van der Waals surface area (Å²) in [7, 11) is 0. The number of fused-ring (bicyclic) bond motifs is 1. The van der Waals surface area contributed by atoms with Crippen LogP contribution >= 0.6 is 0 Å². The Morgan fingerprint density at radius 1 is 1.07 bits per heavy atom. The minimum absolute atomic E-state index is 0.0874. The lowest BCUT2D eigenvalue weighted by Gasteiger charge is -2.35. The summed E-state index contributed by atoms with van der Waals surface area (Å²) in [6, 6.07) is 15.0. The van der Waals surface area contributed by atoms with Crippen LogP contribution < -0.4 is 5.32 Å². The maximum atomic E-state index is 12.5. The van der Waals surface area contributed by atoms with Gasteiger partial charge in [0.1, 0.15) is 6.10 Å². The molecule has 2 heterocycles. The standard InChI is InChI=1S/C21H19N3O5/c22-9-13-5-7-14(8-6-13)23-10-18(25)21-28-11-15(12-29-21)24-19(26)16-3-1-2-4-17(16)20(24)27/h1-8,15,18,21,23,25H,10-12H2/t15?,18-,21?/m0/s1. The molecule has 0 unspecified atom stereocenters. The first-order valence-corrected chi connectivity index (χ1v) is 9.20. The van der Waals surface area contributed by atoms with E-state index in [1.807, 2.05) is 6.07 Å². The number of carbonyl (C=O) groups excluding carboxylic acids is 2. The van der Waals surface area contributed by atoms with Crippen LogP contribution in [-0.4, -0.2) is 60.0 Å². The summed E-state index contributed by atoms with van der Waals surface area (Å²) in [5.74, 6) is -0.714. The van der Waals surface area contributed by atoms with E-state index in [0.717, 1.165) is 5.69 Å². The van der Waals surface area contributed by atoms with E-state index < -0.39 is 18.4 Å². The Morgan fingerprint density at radius 3 is 2.21 bits per heavy atom. The van der Waals surface area contributed by atoms with Gasteiger partial charge < -0.3 is 19.9 Å². The summed E-state index contributed by atoms with van der Waals surface area (Å²) in [4.78, 5) is 26.3. The lowest BCUT2D eigenvalue weighted by Crippen LogP contribution is -2.52. The molecule has 4 rings (SSSR count). The van der Waals surface area contributed by atoms with Gasteiger partial charge in [0.25, 0.3) is 11.8 Å². The van der Waals surface area contributed by atoms with Crippen molar-refractivity contribution >= 4 is 17.5 Å². The van der Waals surface area contributed by atoms with E-state index in [9.17, 15) is 14.7 Å². The number of aliphatic hydroxyl groups is 1. The summed E-state index contributed by atoms with van der Waals surface area (Å²) in [6.45, 7) is 0.350. The molecule has 2 N–H and O–H groups in total. The molecule has 1 saturated heterocycles. The monoisotopic (exact) mass is 393 g/mol. The Kier molecular flexibility index (Phi) is 5.27. The molecule has 0 bridgehead atoms. The molecule has 2 amide bonds. The maximum absolute atomic E-state index is 12.5. The molecule has 2 aromatic carbocycles. The third kappa shape index (κ3) is 3.71. The van der Waals surface area contributed by atoms with Gasteiger partial charge in [-0.15, -0.1) is 0 Å². The molecule has 148 valence electrons. The number of imide groups is 1. The first kappa shape index (κ1) is 19.1. The van der Waals surface area contributed by atoms with Gasteiger partial charge in [-0.05, 0) is 36.4 Å². The van der Waals surface area contributed by atoms with Gasteiger partial charge in [0, 0.05) is 12.2 Å². The van der Waals surface area contributed by atoms with Crippen LogP contribution in [0.2, 0.25) is 0 Å². The van der Waals surface area contributed by atoms with Crippen LogP contribution in [0, 0.1) is 11.3 Å². The zero-order chi connectivity index (χ0) is 20.4. The molecule has 29 heavy (non-hydrogen) atoms. The van der Waals surface area contributed by atoms with Crippen molar-refractivity contribution < 1.29 is 24.2 Å². The normalized spacial score (nSPS) is 22.1. The topological polar surface area (TPSA) is 112 Å². The Labute approximate surface area is 167 Å². The summed E-state index contributed by atoms with van der Waals surface area (Å²) < 4.78 is 11.2. The number of aliphatic hydroxyl groups excluding tert-OH is 1. The average molecular weight is 393 g/mol. The molecule has 2 aromatic rings. The molecule has 0 saturated carbocycles. The molecule has 0 aliphatic carbocycles. The number of benzene rings is 2. The highest BCUT2D eigenvalue weighted by atomic mass is 16.7. The third-order valence-corrected chi connectivity index (χ3v) is 4.94. The van der Waals surface area contributed by atoms with Gasteiger partial charge in [-0.1, -0.05) is 12.1 Å². The number of nitrogens with zero attached hydrogens (tertiary/aromatic N) is 2. The Morgan fingerprint density at radius 2 is 1.66 bits per heavy atom. The van der Waals surface area contributed by atoms with E-state index in [0.29, 0.717) is 16.7 Å². The van der Waals surface area contributed by atoms with Crippen LogP contribution in [0.1, 0.15) is 26.3 Å². The summed E-state index contributed by atoms with van der Waals surface area (Å²) in [6.07, 6.45) is -1.82. The number of anilines is 1. The molecule has 1 atom stereocenters. The lowest BCUT2D eigenvalue weighted by atomic mass is 10.1. The van der Waals surface area contributed by atoms with Crippen molar-refractivity contribution in [1.82, 2.24) is 4.90 Å². The second-order valence-corrected chi connectivity index (χ2v) is 6.85. The number of hydrogen-bond donors (Lipinski definition) is 2. The molecule has 0 spiro atoms. The van der Waals surface area contributed by atoms with Crippen LogP contribution in [0.25, 0.3) is 0 Å². The third-order valence-electron chi connectivity index (χ3n) is 4.94. The van der Waals surface area contributed by atoms with Gasteiger partial charge in [0.2, 0.25) is 0 Å². The number of amides is 2. The number of nitriles is 1. The zero-order valence-corrected chi connectivity index (χ0v) is 15.4. The van der Waals surface area contributed by atoms with Crippen molar-refractivity contribution in [3.63, 3.8) is 0 Å². The second-order valence-electron chi connectivity index (χ2n) is 6.85. The van der Waals surface area contributed by atoms with Gasteiger partial charge in [0.05, 0.1) is 42.0 Å². The SMILES string of the molecule is N#Cc1ccc(NC[C@H](O)C2OCC(N3C(=O)c4ccccc4C3=O)CO2)cc1. The zero-order valence-electron chi connectivity index (χ0n) is 15.4. The smallest absolute Gasteiger partial charge is 0.261 e. The first-order valence-electron chi connectivity index (χ1n) is 9.20. The molecule has 0 radical (unpaired) electrons. The van der Waals surface area contributed by atoms with Crippen LogP contribution in [0.4, 0.5) is 5.69 Å². The Bertz CT molecular complexity index is 926. The van der Waals surface area contributed by atoms with Crippen molar-refractivity contribution in [3.05, 3.63) is 65.2 Å². The van der Waals surface area contributed by atoms with Crippen molar-refractivity contribution in [2.24, 2.45) is 0 Å². The predicted octanol–water partition coefficient (Wildman–Crippen LogP) is 1.37. The fraction of sp³-hybridized carbons (Fsp3) is 0.286. The van der Waals surface area contributed by atoms with Gasteiger partial charge >= 0.3 is 0 Å². The molecule has 2 aliphatic heterocycles. The van der Waals surface area contributed by atoms with Crippen molar-refractivity contribution in [2.75, 3.05) is 25.1 Å². The number of hydrogen-bond acceptors (Lipinski definition) is 7. The highest BCUT2D eigenvalue weighted by Gasteiger charge is 2.42. The Hall–Kier alpha value is -3.25. The highest BCUT2D eigenvalue weighted by Crippen LogP contribution is 2.26. The Balaban J connectivity index is 1.31. The first-order chi connectivity index (χ1) is 14.1. The molecule has 2 aliphatic rings. The largest absolute Gasteiger partial charge is 0.386 e. The molecular formula is C21H19N3O5. The van der Waals surface area contributed by atoms with E-state index >= 15 is 0 Å². The summed E-state index contributed by atoms with van der Waals surface area (Å²) in [5, 5.41) is 22.2. The van der Waals surface area contributed by atoms with Gasteiger partial charge in [-0.2, -0.15) is 5.26 Å². The van der Waals surface area contributed by atoms with E-state index in [-0.39, 0.29) is 31.6 Å². The van der Waals surface area contributed by atoms with Gasteiger partial charge in [0.15, 0.2) is 6.29 Å². The van der Waals surface area contributed by atoms with E-state index in [1.165, 1.54) is 4.90 Å². The van der Waals surface area contributed by atoms with E-state index in [4.69, 9.17) is 14.7 Å². The number of nitrogens with one attached hydrogen (secondary N) is 1. The number of carbonyl (C=O) groups is 2. The van der Waals surface area contributed by atoms with E-state index in [1.54, 1.807) is 48.5 Å². The van der Waals surface area contributed by atoms with Gasteiger partial charge in [-0.25, -0.2) is 0 Å². The molecular weight excluding hydrogens is 374 g/mol. The summed E-state index contributed by atoms with van der Waals surface area (Å²) in [5.41, 5.74) is 2.06. The molecule has 0 aromatic heterocycles. The molecule has 1 fully saturated rings. The van der Waals surface area contributed by atoms with Crippen molar-refractivity contribution in [3.8, 4) is 6.07 Å². The minimum atomic E-state index is -0.950. The maximum Gasteiger partial charge on any atom is 0.261 e. The van der Waals surface area contributed by atoms with Crippen LogP contribution in [0.5, 0.6) is 0 Å². The number of rotatable bonds is 5. The second kappa shape index (κ2) is 8.01. The number of ether oxygens (including phenoxy) is 2. The van der Waals surface area contributed by atoms with E-state index in [2.05, 4.69) is 5.32 Å². The minimum Gasteiger partial charge on any atom is -0.386 e. The highest BCUT2D eigenvalue weighted by molar-refractivity contribution is 6.21. The average Bonchev–Trinajstić information content (AvgIpc) is 3.03. The lowest BCUT2D eigenvalue weighted by molar-refractivity contribution is -0.233. The van der Waals surface area contributed by atoms with Crippen LogP contribution in [0.15, 0.2) is 48.5 Å². The molecule has 8 nitrogen and oxygen atoms in total. The fourth-order valence-corrected chi connectivity index (χ4v) is 3.40. The fourth-order valence-electron chi connectivity index (χ4n) is 3.40. The van der Waals surface area contributed by atoms with Crippen LogP contribution in [0.3, 0.4) is 0 Å². The summed E-state index contributed by atoms with van der Waals surface area (Å²) >= 11 is 0. The van der Waals surface area contributed by atoms with Crippen molar-refractivity contribution in [1.29, 1.82) is 5.26 Å².